The first-order chi connectivity index (χ1) is 11.3. The van der Waals surface area contributed by atoms with Crippen LogP contribution in [-0.2, 0) is 20.3 Å². The van der Waals surface area contributed by atoms with Crippen molar-refractivity contribution < 1.29 is 20.3 Å². The average molecular weight is 399 g/mol. The van der Waals surface area contributed by atoms with E-state index in [4.69, 9.17) is 11.6 Å². The molecule has 0 heterocycles. The van der Waals surface area contributed by atoms with E-state index < -0.39 is 20.3 Å². The van der Waals surface area contributed by atoms with Gasteiger partial charge in [0.1, 0.15) is 0 Å². The molecule has 23 heavy (non-hydrogen) atoms. The Kier molecular flexibility index (Phi) is 4.20. The monoisotopic (exact) mass is 397 g/mol. The first-order valence-corrected chi connectivity index (χ1v) is 15.0. The van der Waals surface area contributed by atoms with Gasteiger partial charge in [-0.2, -0.15) is 0 Å². The first kappa shape index (κ1) is 15.6. The number of fused-ring (bicyclic) bond motifs is 2. The molecule has 2 aromatic rings. The Balaban J connectivity index is 1.83. The van der Waals surface area contributed by atoms with Crippen LogP contribution < -0.4 is 0 Å². The zero-order chi connectivity index (χ0) is 15.9. The van der Waals surface area contributed by atoms with Crippen LogP contribution >= 0.6 is 11.6 Å². The maximum absolute atomic E-state index is 6.70. The minimum absolute atomic E-state index is 0.524. The Morgan fingerprint density at radius 2 is 1.30 bits per heavy atom. The predicted octanol–water partition coefficient (Wildman–Crippen LogP) is 6.13. The number of rotatable bonds is 4. The summed E-state index contributed by atoms with van der Waals surface area (Å²) in [6.45, 7) is 4.41. The molecule has 2 aromatic carbocycles. The molecule has 2 atom stereocenters. The Bertz CT molecular complexity index is 722. The number of hydrogen-bond donors (Lipinski definition) is 0. The van der Waals surface area contributed by atoms with Gasteiger partial charge >= 0.3 is 149 Å². The van der Waals surface area contributed by atoms with Crippen LogP contribution in [0, 0.1) is 6.92 Å². The molecule has 0 fully saturated rings. The minimum atomic E-state index is -2.83. The Hall–Kier alpha value is -0.907. The third kappa shape index (κ3) is 2.36. The van der Waals surface area contributed by atoms with Crippen molar-refractivity contribution in [3.8, 4) is 0 Å². The van der Waals surface area contributed by atoms with E-state index in [-0.39, 0.29) is 0 Å². The molecule has 2 aliphatic rings. The van der Waals surface area contributed by atoms with Gasteiger partial charge in [-0.05, 0) is 0 Å². The summed E-state index contributed by atoms with van der Waals surface area (Å²) in [4.78, 5) is 0. The third-order valence-corrected chi connectivity index (χ3v) is 20.6. The molecular formula is C21H20ClZr. The number of alkyl halides is 1. The quantitative estimate of drug-likeness (QED) is 0.543. The van der Waals surface area contributed by atoms with Crippen LogP contribution in [-0.4, -0.2) is 3.59 Å². The summed E-state index contributed by atoms with van der Waals surface area (Å²) >= 11 is 3.88. The standard InChI is InChI=1S/2C9H7.C2H4.CH2Cl.Zr/c2*1-2-5-9-7-3-6-8(9)4-1;2*1-2;/h2*1-7H;1-2H2;1H2;. The topological polar surface area (TPSA) is 0 Å². The zero-order valence-corrected chi connectivity index (χ0v) is 16.3. The van der Waals surface area contributed by atoms with Gasteiger partial charge in [-0.25, -0.2) is 0 Å². The molecule has 0 aliphatic heterocycles. The summed E-state index contributed by atoms with van der Waals surface area (Å²) in [6, 6.07) is 17.6. The van der Waals surface area contributed by atoms with Crippen LogP contribution in [0.1, 0.15) is 29.5 Å². The second kappa shape index (κ2) is 6.19. The Morgan fingerprint density at radius 1 is 0.826 bits per heavy atom. The summed E-state index contributed by atoms with van der Waals surface area (Å²) in [5.74, 6) is 0. The molecule has 115 valence electrons. The molecule has 1 radical (unpaired) electrons. The molecule has 0 saturated carbocycles. The van der Waals surface area contributed by atoms with Gasteiger partial charge in [-0.3, -0.25) is 0 Å². The van der Waals surface area contributed by atoms with E-state index in [1.54, 1.807) is 0 Å². The van der Waals surface area contributed by atoms with Crippen molar-refractivity contribution in [2.45, 2.75) is 11.4 Å². The molecule has 4 rings (SSSR count). The zero-order valence-electron chi connectivity index (χ0n) is 13.1. The van der Waals surface area contributed by atoms with Gasteiger partial charge in [-0.15, -0.1) is 0 Å². The van der Waals surface area contributed by atoms with Crippen LogP contribution in [0.3, 0.4) is 0 Å². The fraction of sp³-hybridized carbons (Fsp3) is 0.190. The molecule has 0 aromatic heterocycles. The molecule has 0 saturated heterocycles. The second-order valence-corrected chi connectivity index (χ2v) is 19.1. The molecule has 2 unspecified atom stereocenters. The number of allylic oxidation sites excluding steroid dienone is 2. The molecule has 2 heteroatoms. The molecule has 0 amide bonds. The summed E-state index contributed by atoms with van der Waals surface area (Å²) in [7, 11) is 0. The van der Waals surface area contributed by atoms with Gasteiger partial charge in [0.25, 0.3) is 0 Å². The van der Waals surface area contributed by atoms with Crippen molar-refractivity contribution in [2.75, 3.05) is 3.59 Å². The number of halogens is 1. The maximum atomic E-state index is 6.70. The fourth-order valence-electron chi connectivity index (χ4n) is 4.24. The van der Waals surface area contributed by atoms with Gasteiger partial charge in [0.2, 0.25) is 0 Å². The van der Waals surface area contributed by atoms with Crippen molar-refractivity contribution in [2.24, 2.45) is 0 Å². The third-order valence-electron chi connectivity index (χ3n) is 5.55. The molecule has 2 aliphatic carbocycles. The molecule has 0 bridgehead atoms. The van der Waals surface area contributed by atoms with Crippen molar-refractivity contribution in [3.05, 3.63) is 89.9 Å². The first-order valence-electron chi connectivity index (χ1n) is 8.19. The van der Waals surface area contributed by atoms with Gasteiger partial charge in [-0.1, -0.05) is 0 Å². The Labute approximate surface area is 148 Å². The van der Waals surface area contributed by atoms with Gasteiger partial charge < -0.3 is 0 Å². The van der Waals surface area contributed by atoms with Gasteiger partial charge in [0, 0.05) is 0 Å². The normalized spacial score (nSPS) is 23.6. The van der Waals surface area contributed by atoms with Crippen molar-refractivity contribution in [1.82, 2.24) is 0 Å². The molecule has 0 nitrogen and oxygen atoms in total. The van der Waals surface area contributed by atoms with E-state index in [2.05, 4.69) is 79.8 Å². The van der Waals surface area contributed by atoms with Gasteiger partial charge in [0.15, 0.2) is 0 Å². The van der Waals surface area contributed by atoms with Crippen molar-refractivity contribution >= 4 is 23.8 Å². The number of hydrogen-bond acceptors (Lipinski definition) is 0. The summed E-state index contributed by atoms with van der Waals surface area (Å²) in [5.41, 5.74) is 5.69. The Morgan fingerprint density at radius 3 is 1.74 bits per heavy atom. The van der Waals surface area contributed by atoms with Crippen molar-refractivity contribution in [1.29, 1.82) is 0 Å². The SMILES string of the molecule is [CH2][CH2][Zr]([CH2]Cl)([CH]1C=Cc2ccccc21)[CH]1C=Cc2ccccc21. The van der Waals surface area contributed by atoms with Crippen LogP contribution in [0.4, 0.5) is 0 Å². The van der Waals surface area contributed by atoms with Crippen LogP contribution in [0.2, 0.25) is 4.13 Å². The van der Waals surface area contributed by atoms with Crippen LogP contribution in [0.25, 0.3) is 12.2 Å². The molecular weight excluding hydrogens is 379 g/mol. The second-order valence-electron chi connectivity index (χ2n) is 6.55. The van der Waals surface area contributed by atoms with E-state index in [1.807, 2.05) is 0 Å². The summed E-state index contributed by atoms with van der Waals surface area (Å²) < 4.78 is 2.88. The van der Waals surface area contributed by atoms with Crippen LogP contribution in [0.15, 0.2) is 60.7 Å². The number of benzene rings is 2. The summed E-state index contributed by atoms with van der Waals surface area (Å²) in [6.07, 6.45) is 9.42. The average Bonchev–Trinajstić information content (AvgIpc) is 3.23. The van der Waals surface area contributed by atoms with E-state index in [0.29, 0.717) is 7.25 Å². The van der Waals surface area contributed by atoms with Crippen molar-refractivity contribution in [3.63, 3.8) is 0 Å². The van der Waals surface area contributed by atoms with Crippen LogP contribution in [0.5, 0.6) is 0 Å². The summed E-state index contributed by atoms with van der Waals surface area (Å²) in [5, 5.41) is 0. The van der Waals surface area contributed by atoms with E-state index >= 15 is 0 Å². The van der Waals surface area contributed by atoms with E-state index in [1.165, 1.54) is 22.3 Å². The van der Waals surface area contributed by atoms with E-state index in [0.717, 1.165) is 7.72 Å². The van der Waals surface area contributed by atoms with E-state index in [9.17, 15) is 0 Å². The van der Waals surface area contributed by atoms with Gasteiger partial charge in [0.05, 0.1) is 0 Å². The predicted molar refractivity (Wildman–Crippen MR) is 97.3 cm³/mol. The molecule has 0 spiro atoms. The molecule has 0 N–H and O–H groups in total. The fourth-order valence-corrected chi connectivity index (χ4v) is 17.3.